The van der Waals surface area contributed by atoms with E-state index in [9.17, 15) is 13.2 Å². The van der Waals surface area contributed by atoms with Crippen molar-refractivity contribution in [3.8, 4) is 0 Å². The Labute approximate surface area is 63.4 Å². The Kier molecular flexibility index (Phi) is 46.5. The smallest absolute Gasteiger partial charge is 0.298 e. The lowest BCUT2D eigenvalue weighted by atomic mass is 11.1. The number of hydrogen-bond donors (Lipinski definition) is 0. The minimum absolute atomic E-state index is 0. The standard InChI is InChI=1S/C2HF3.3ClH/c3-1-2(4)5;;;/h1H;3*1H/p-3. The molecule has 0 bridgehead atoms. The minimum atomic E-state index is -2.29. The zero-order valence-electron chi connectivity index (χ0n) is 3.35. The summed E-state index contributed by atoms with van der Waals surface area (Å²) >= 11 is 0. The van der Waals surface area contributed by atoms with Gasteiger partial charge in [0.15, 0.2) is 6.33 Å². The summed E-state index contributed by atoms with van der Waals surface area (Å²) in [6.07, 6.45) is -3.04. The highest BCUT2D eigenvalue weighted by Crippen LogP contribution is 1.93. The predicted molar refractivity (Wildman–Crippen MR) is 11.4 cm³/mol. The molecule has 0 unspecified atom stereocenters. The largest absolute Gasteiger partial charge is 1.00 e. The highest BCUT2D eigenvalue weighted by Gasteiger charge is 1.78. The minimum Gasteiger partial charge on any atom is -1.00 e. The third-order valence-electron chi connectivity index (χ3n) is 0.0825. The highest BCUT2D eigenvalue weighted by atomic mass is 35.5. The molecule has 0 heterocycles. The zero-order valence-corrected chi connectivity index (χ0v) is 5.61. The van der Waals surface area contributed by atoms with E-state index < -0.39 is 12.4 Å². The first kappa shape index (κ1) is 23.8. The first-order valence-corrected chi connectivity index (χ1v) is 0.885. The van der Waals surface area contributed by atoms with Gasteiger partial charge in [0.25, 0.3) is 6.08 Å². The molecule has 0 nitrogen and oxygen atoms in total. The van der Waals surface area contributed by atoms with E-state index in [0.29, 0.717) is 0 Å². The van der Waals surface area contributed by atoms with Crippen LogP contribution in [0.4, 0.5) is 13.2 Å². The third-order valence-corrected chi connectivity index (χ3v) is 0.0825. The Bertz CT molecular complexity index is 50.5. The summed E-state index contributed by atoms with van der Waals surface area (Å²) < 4.78 is 30.7. The van der Waals surface area contributed by atoms with Gasteiger partial charge >= 0.3 is 0 Å². The molecule has 0 rings (SSSR count). The normalized spacial score (nSPS) is 4.38. The molecule has 0 aliphatic rings. The van der Waals surface area contributed by atoms with E-state index in [4.69, 9.17) is 0 Å². The summed E-state index contributed by atoms with van der Waals surface area (Å²) in [7, 11) is 0. The van der Waals surface area contributed by atoms with Crippen molar-refractivity contribution in [2.24, 2.45) is 0 Å². The molecule has 0 atom stereocenters. The molecule has 8 heavy (non-hydrogen) atoms. The SMILES string of the molecule is FC=C(F)F.[Cl-].[Cl-].[Cl-]. The second-order valence-electron chi connectivity index (χ2n) is 0.399. The average Bonchev–Trinajstić information content (AvgIpc) is 1.38. The molecule has 6 heteroatoms. The van der Waals surface area contributed by atoms with Crippen LogP contribution in [0, 0.1) is 0 Å². The van der Waals surface area contributed by atoms with Gasteiger partial charge in [0.1, 0.15) is 0 Å². The van der Waals surface area contributed by atoms with Crippen LogP contribution >= 0.6 is 0 Å². The van der Waals surface area contributed by atoms with Crippen molar-refractivity contribution in [2.45, 2.75) is 0 Å². The predicted octanol–water partition coefficient (Wildman–Crippen LogP) is -7.29. The second-order valence-corrected chi connectivity index (χ2v) is 0.399. The van der Waals surface area contributed by atoms with Crippen LogP contribution in [0.5, 0.6) is 0 Å². The van der Waals surface area contributed by atoms with E-state index in [1.165, 1.54) is 0 Å². The molecule has 0 fully saturated rings. The molecule has 0 radical (unpaired) electrons. The fourth-order valence-corrected chi connectivity index (χ4v) is 0. The summed E-state index contributed by atoms with van der Waals surface area (Å²) in [5.74, 6) is 0. The topological polar surface area (TPSA) is 0 Å². The van der Waals surface area contributed by atoms with Crippen LogP contribution < -0.4 is 37.2 Å². The number of hydrogen-bond acceptors (Lipinski definition) is 0. The molecule has 0 aliphatic carbocycles. The fourth-order valence-electron chi connectivity index (χ4n) is 0. The highest BCUT2D eigenvalue weighted by molar-refractivity contribution is 4.66. The molecule has 0 aliphatic heterocycles. The summed E-state index contributed by atoms with van der Waals surface area (Å²) in [5.41, 5.74) is 0. The quantitative estimate of drug-likeness (QED) is 0.354. The summed E-state index contributed by atoms with van der Waals surface area (Å²) in [4.78, 5) is 0. The van der Waals surface area contributed by atoms with Crippen molar-refractivity contribution in [3.05, 3.63) is 12.4 Å². The molecule has 0 aromatic carbocycles. The first-order valence-electron chi connectivity index (χ1n) is 0.885. The van der Waals surface area contributed by atoms with Gasteiger partial charge in [-0.25, -0.2) is 4.39 Å². The molecule has 0 N–H and O–H groups in total. The lowest BCUT2D eigenvalue weighted by molar-refractivity contribution is -0.00100. The van der Waals surface area contributed by atoms with Crippen molar-refractivity contribution in [1.82, 2.24) is 0 Å². The molecule has 0 spiro atoms. The Hall–Kier alpha value is 0.400. The van der Waals surface area contributed by atoms with Gasteiger partial charge < -0.3 is 37.2 Å². The molecular weight excluding hydrogens is 187 g/mol. The fraction of sp³-hybridized carbons (Fsp3) is 0. The van der Waals surface area contributed by atoms with Gasteiger partial charge in [-0.15, -0.1) is 0 Å². The lowest BCUT2D eigenvalue weighted by Crippen LogP contribution is -3.00. The van der Waals surface area contributed by atoms with E-state index in [1.54, 1.807) is 0 Å². The van der Waals surface area contributed by atoms with Gasteiger partial charge in [-0.1, -0.05) is 0 Å². The summed E-state index contributed by atoms with van der Waals surface area (Å²) in [6.45, 7) is 0. The van der Waals surface area contributed by atoms with Gasteiger partial charge in [-0.2, -0.15) is 8.78 Å². The van der Waals surface area contributed by atoms with Crippen molar-refractivity contribution in [3.63, 3.8) is 0 Å². The maximum Gasteiger partial charge on any atom is 0.298 e. The lowest BCUT2D eigenvalue weighted by Gasteiger charge is -1.59. The Morgan fingerprint density at radius 3 is 1.12 bits per heavy atom. The Morgan fingerprint density at radius 1 is 1.00 bits per heavy atom. The zero-order chi connectivity index (χ0) is 4.28. The van der Waals surface area contributed by atoms with Crippen LogP contribution in [0.2, 0.25) is 0 Å². The van der Waals surface area contributed by atoms with Gasteiger partial charge in [0.2, 0.25) is 0 Å². The third kappa shape index (κ3) is 32.4. The van der Waals surface area contributed by atoms with Gasteiger partial charge in [-0.3, -0.25) is 0 Å². The van der Waals surface area contributed by atoms with Gasteiger partial charge in [0.05, 0.1) is 0 Å². The monoisotopic (exact) mass is 187 g/mol. The van der Waals surface area contributed by atoms with Crippen LogP contribution in [0.3, 0.4) is 0 Å². The molecule has 0 saturated heterocycles. The van der Waals surface area contributed by atoms with E-state index in [2.05, 4.69) is 0 Å². The van der Waals surface area contributed by atoms with Crippen LogP contribution in [0.25, 0.3) is 0 Å². The summed E-state index contributed by atoms with van der Waals surface area (Å²) in [6, 6.07) is 0. The van der Waals surface area contributed by atoms with Crippen molar-refractivity contribution < 1.29 is 50.4 Å². The molecule has 0 amide bonds. The van der Waals surface area contributed by atoms with Gasteiger partial charge in [-0.05, 0) is 0 Å². The van der Waals surface area contributed by atoms with Crippen LogP contribution in [-0.4, -0.2) is 0 Å². The average molecular weight is 188 g/mol. The Balaban J connectivity index is -0.0000000267. The van der Waals surface area contributed by atoms with Crippen LogP contribution in [-0.2, 0) is 0 Å². The van der Waals surface area contributed by atoms with E-state index in [0.717, 1.165) is 0 Å². The maximum absolute atomic E-state index is 10.2. The van der Waals surface area contributed by atoms with Crippen LogP contribution in [0.1, 0.15) is 0 Å². The van der Waals surface area contributed by atoms with E-state index in [-0.39, 0.29) is 37.2 Å². The van der Waals surface area contributed by atoms with Crippen molar-refractivity contribution in [2.75, 3.05) is 0 Å². The van der Waals surface area contributed by atoms with E-state index >= 15 is 0 Å². The van der Waals surface area contributed by atoms with Crippen molar-refractivity contribution in [1.29, 1.82) is 0 Å². The second kappa shape index (κ2) is 15.7. The van der Waals surface area contributed by atoms with Crippen LogP contribution in [0.15, 0.2) is 12.4 Å². The van der Waals surface area contributed by atoms with Crippen molar-refractivity contribution >= 4 is 0 Å². The first-order chi connectivity index (χ1) is 2.27. The maximum atomic E-state index is 10.2. The molecule has 0 saturated carbocycles. The molecular formula is C2HCl3F3-3. The van der Waals surface area contributed by atoms with E-state index in [1.807, 2.05) is 0 Å². The molecule has 54 valence electrons. The summed E-state index contributed by atoms with van der Waals surface area (Å²) in [5, 5.41) is 0. The molecule has 0 aromatic rings. The number of halogens is 6. The van der Waals surface area contributed by atoms with Gasteiger partial charge in [0, 0.05) is 0 Å². The Morgan fingerprint density at radius 2 is 1.12 bits per heavy atom. The number of rotatable bonds is 0. The molecule has 0 aromatic heterocycles.